The van der Waals surface area contributed by atoms with Gasteiger partial charge in [0.2, 0.25) is 0 Å². The fourth-order valence-corrected chi connectivity index (χ4v) is 2.86. The van der Waals surface area contributed by atoms with E-state index in [1.807, 2.05) is 37.2 Å². The maximum absolute atomic E-state index is 11.1. The molecule has 1 heterocycles. The van der Waals surface area contributed by atoms with Crippen LogP contribution in [0.2, 0.25) is 0 Å². The summed E-state index contributed by atoms with van der Waals surface area (Å²) in [6, 6.07) is 2.00. The smallest absolute Gasteiger partial charge is 0.308 e. The molecular weight excluding hydrogens is 290 g/mol. The van der Waals surface area contributed by atoms with Crippen LogP contribution in [0.1, 0.15) is 13.8 Å². The van der Waals surface area contributed by atoms with Crippen molar-refractivity contribution in [1.29, 1.82) is 0 Å². The standard InChI is InChI=1S/C11H16BrNO2S/c1-7(2)9(11(14)15)5-13(3)10-4-8(12)6-16-10/h4,6-7,9H,5H2,1-3H3,(H,14,15). The number of rotatable bonds is 5. The molecule has 3 nitrogen and oxygen atoms in total. The third kappa shape index (κ3) is 3.49. The number of anilines is 1. The molecule has 0 aliphatic rings. The number of carboxylic acid groups (broad SMARTS) is 1. The largest absolute Gasteiger partial charge is 0.481 e. The van der Waals surface area contributed by atoms with Gasteiger partial charge in [0.25, 0.3) is 0 Å². The minimum absolute atomic E-state index is 0.142. The Kier molecular flexibility index (Phi) is 4.80. The summed E-state index contributed by atoms with van der Waals surface area (Å²) in [5, 5.41) is 12.2. The van der Waals surface area contributed by atoms with Crippen LogP contribution in [0.25, 0.3) is 0 Å². The van der Waals surface area contributed by atoms with Gasteiger partial charge in [0.15, 0.2) is 0 Å². The Morgan fingerprint density at radius 1 is 1.62 bits per heavy atom. The molecule has 1 N–H and O–H groups in total. The maximum Gasteiger partial charge on any atom is 0.308 e. The summed E-state index contributed by atoms with van der Waals surface area (Å²) in [6.45, 7) is 4.42. The lowest BCUT2D eigenvalue weighted by Gasteiger charge is -2.24. The fourth-order valence-electron chi connectivity index (χ4n) is 1.46. The number of hydrogen-bond acceptors (Lipinski definition) is 3. The number of nitrogens with zero attached hydrogens (tertiary/aromatic N) is 1. The second-order valence-corrected chi connectivity index (χ2v) is 5.98. The van der Waals surface area contributed by atoms with E-state index in [4.69, 9.17) is 5.11 Å². The van der Waals surface area contributed by atoms with Crippen LogP contribution in [-0.2, 0) is 4.79 Å². The molecule has 0 fully saturated rings. The van der Waals surface area contributed by atoms with Gasteiger partial charge in [0.1, 0.15) is 0 Å². The first-order valence-corrected chi connectivity index (χ1v) is 6.77. The highest BCUT2D eigenvalue weighted by Crippen LogP contribution is 2.28. The average Bonchev–Trinajstić information content (AvgIpc) is 2.59. The number of aliphatic carboxylic acids is 1. The summed E-state index contributed by atoms with van der Waals surface area (Å²) in [7, 11) is 1.93. The monoisotopic (exact) mass is 305 g/mol. The summed E-state index contributed by atoms with van der Waals surface area (Å²) in [4.78, 5) is 13.1. The van der Waals surface area contributed by atoms with Crippen molar-refractivity contribution in [1.82, 2.24) is 0 Å². The SMILES string of the molecule is CC(C)C(CN(C)c1cc(Br)cs1)C(=O)O. The molecule has 5 heteroatoms. The van der Waals surface area contributed by atoms with Crippen molar-refractivity contribution < 1.29 is 9.90 Å². The molecule has 0 amide bonds. The molecule has 0 aromatic carbocycles. The fraction of sp³-hybridized carbons (Fsp3) is 0.545. The first-order chi connectivity index (χ1) is 7.41. The molecule has 1 unspecified atom stereocenters. The average molecular weight is 306 g/mol. The number of thiophene rings is 1. The van der Waals surface area contributed by atoms with Gasteiger partial charge in [-0.05, 0) is 27.9 Å². The Balaban J connectivity index is 2.68. The van der Waals surface area contributed by atoms with Crippen molar-refractivity contribution in [2.45, 2.75) is 13.8 Å². The highest BCUT2D eigenvalue weighted by molar-refractivity contribution is 9.10. The molecule has 0 radical (unpaired) electrons. The number of carbonyl (C=O) groups is 1. The molecule has 0 saturated carbocycles. The van der Waals surface area contributed by atoms with Crippen molar-refractivity contribution in [2.75, 3.05) is 18.5 Å². The summed E-state index contributed by atoms with van der Waals surface area (Å²) < 4.78 is 1.04. The summed E-state index contributed by atoms with van der Waals surface area (Å²) in [5.41, 5.74) is 0. The Hall–Kier alpha value is -0.550. The van der Waals surface area contributed by atoms with Crippen LogP contribution in [0, 0.1) is 11.8 Å². The molecule has 1 atom stereocenters. The van der Waals surface area contributed by atoms with E-state index < -0.39 is 5.97 Å². The number of hydrogen-bond donors (Lipinski definition) is 1. The van der Waals surface area contributed by atoms with E-state index >= 15 is 0 Å². The number of halogens is 1. The molecule has 0 bridgehead atoms. The summed E-state index contributed by atoms with van der Waals surface area (Å²) in [6.07, 6.45) is 0. The second kappa shape index (κ2) is 5.68. The molecule has 16 heavy (non-hydrogen) atoms. The van der Waals surface area contributed by atoms with Gasteiger partial charge in [0.05, 0.1) is 10.9 Å². The molecule has 0 saturated heterocycles. The van der Waals surface area contributed by atoms with E-state index in [-0.39, 0.29) is 11.8 Å². The minimum Gasteiger partial charge on any atom is -0.481 e. The second-order valence-electron chi connectivity index (χ2n) is 4.17. The molecule has 0 aliphatic heterocycles. The zero-order chi connectivity index (χ0) is 12.3. The van der Waals surface area contributed by atoms with Crippen molar-refractivity contribution in [2.24, 2.45) is 11.8 Å². The van der Waals surface area contributed by atoms with Crippen LogP contribution in [0.3, 0.4) is 0 Å². The molecule has 90 valence electrons. The van der Waals surface area contributed by atoms with Crippen molar-refractivity contribution >= 4 is 38.2 Å². The Labute approximate surface area is 108 Å². The number of carboxylic acids is 1. The predicted molar refractivity (Wildman–Crippen MR) is 71.3 cm³/mol. The highest BCUT2D eigenvalue weighted by atomic mass is 79.9. The van der Waals surface area contributed by atoms with E-state index in [9.17, 15) is 4.79 Å². The van der Waals surface area contributed by atoms with Gasteiger partial charge in [-0.2, -0.15) is 0 Å². The van der Waals surface area contributed by atoms with Gasteiger partial charge in [0, 0.05) is 23.4 Å². The minimum atomic E-state index is -0.725. The third-order valence-electron chi connectivity index (χ3n) is 2.52. The van der Waals surface area contributed by atoms with E-state index in [0.29, 0.717) is 6.54 Å². The lowest BCUT2D eigenvalue weighted by molar-refractivity contribution is -0.142. The van der Waals surface area contributed by atoms with Gasteiger partial charge >= 0.3 is 5.97 Å². The lowest BCUT2D eigenvalue weighted by Crippen LogP contribution is -2.33. The zero-order valence-electron chi connectivity index (χ0n) is 9.61. The van der Waals surface area contributed by atoms with Crippen LogP contribution < -0.4 is 4.90 Å². The predicted octanol–water partition coefficient (Wildman–Crippen LogP) is 3.30. The molecule has 1 aromatic rings. The highest BCUT2D eigenvalue weighted by Gasteiger charge is 2.23. The molecule has 1 rings (SSSR count). The van der Waals surface area contributed by atoms with Gasteiger partial charge in [-0.1, -0.05) is 13.8 Å². The Bertz CT molecular complexity index is 365. The quantitative estimate of drug-likeness (QED) is 0.907. The first-order valence-electron chi connectivity index (χ1n) is 5.09. The zero-order valence-corrected chi connectivity index (χ0v) is 12.0. The van der Waals surface area contributed by atoms with Crippen LogP contribution in [0.15, 0.2) is 15.9 Å². The summed E-state index contributed by atoms with van der Waals surface area (Å²) in [5.74, 6) is -0.910. The van der Waals surface area contributed by atoms with Gasteiger partial charge < -0.3 is 10.0 Å². The normalized spacial score (nSPS) is 12.8. The summed E-state index contributed by atoms with van der Waals surface area (Å²) >= 11 is 5.00. The van der Waals surface area contributed by atoms with Crippen molar-refractivity contribution in [3.63, 3.8) is 0 Å². The van der Waals surface area contributed by atoms with Crippen LogP contribution in [0.5, 0.6) is 0 Å². The molecular formula is C11H16BrNO2S. The Morgan fingerprint density at radius 2 is 2.25 bits per heavy atom. The molecule has 1 aromatic heterocycles. The van der Waals surface area contributed by atoms with Crippen LogP contribution >= 0.6 is 27.3 Å². The topological polar surface area (TPSA) is 40.5 Å². The van der Waals surface area contributed by atoms with Gasteiger partial charge in [-0.3, -0.25) is 4.79 Å². The first kappa shape index (κ1) is 13.5. The van der Waals surface area contributed by atoms with Gasteiger partial charge in [-0.15, -0.1) is 11.3 Å². The van der Waals surface area contributed by atoms with Crippen molar-refractivity contribution in [3.8, 4) is 0 Å². The lowest BCUT2D eigenvalue weighted by atomic mass is 9.96. The third-order valence-corrected chi connectivity index (χ3v) is 4.33. The Morgan fingerprint density at radius 3 is 2.62 bits per heavy atom. The van der Waals surface area contributed by atoms with E-state index in [2.05, 4.69) is 15.9 Å². The van der Waals surface area contributed by atoms with Gasteiger partial charge in [-0.25, -0.2) is 0 Å². The van der Waals surface area contributed by atoms with Crippen LogP contribution in [-0.4, -0.2) is 24.7 Å². The molecule has 0 spiro atoms. The van der Waals surface area contributed by atoms with Crippen LogP contribution in [0.4, 0.5) is 5.00 Å². The van der Waals surface area contributed by atoms with E-state index in [1.165, 1.54) is 0 Å². The molecule has 0 aliphatic carbocycles. The maximum atomic E-state index is 11.1. The van der Waals surface area contributed by atoms with Crippen molar-refractivity contribution in [3.05, 3.63) is 15.9 Å². The van der Waals surface area contributed by atoms with E-state index in [0.717, 1.165) is 9.47 Å². The van der Waals surface area contributed by atoms with E-state index in [1.54, 1.807) is 11.3 Å².